The van der Waals surface area contributed by atoms with Crippen LogP contribution in [-0.2, 0) is 19.9 Å². The molecule has 1 rings (SSSR count). The minimum Gasteiger partial charge on any atom is -0.243 e. The second-order valence-corrected chi connectivity index (χ2v) is 10.2. The van der Waals surface area contributed by atoms with Gasteiger partial charge in [0.25, 0.3) is 10.0 Å². The van der Waals surface area contributed by atoms with Crippen molar-refractivity contribution in [1.29, 1.82) is 0 Å². The lowest BCUT2D eigenvalue weighted by atomic mass is 10.1. The van der Waals surface area contributed by atoms with Gasteiger partial charge in [-0.1, -0.05) is 13.0 Å². The van der Waals surface area contributed by atoms with Crippen LogP contribution in [0, 0.1) is 12.8 Å². The number of aryl methyl sites for hydroxylation is 1. The predicted molar refractivity (Wildman–Crippen MR) is 86.9 cm³/mol. The van der Waals surface area contributed by atoms with Gasteiger partial charge in [0.1, 0.15) is 9.84 Å². The Bertz CT molecular complexity index is 697. The molecule has 0 saturated heterocycles. The van der Waals surface area contributed by atoms with Crippen molar-refractivity contribution in [2.75, 3.05) is 19.8 Å². The van der Waals surface area contributed by atoms with Gasteiger partial charge in [0, 0.05) is 26.0 Å². The molecule has 0 aliphatic heterocycles. The highest BCUT2D eigenvalue weighted by Crippen LogP contribution is 2.18. The van der Waals surface area contributed by atoms with E-state index in [1.807, 2.05) is 13.8 Å². The molecular weight excluding hydrogens is 324 g/mol. The smallest absolute Gasteiger partial charge is 0.243 e. The average Bonchev–Trinajstić information content (AvgIpc) is 2.42. The van der Waals surface area contributed by atoms with Crippen LogP contribution >= 0.6 is 0 Å². The molecule has 8 heteroatoms. The fourth-order valence-electron chi connectivity index (χ4n) is 1.93. The van der Waals surface area contributed by atoms with Gasteiger partial charge in [-0.15, -0.1) is 0 Å². The zero-order valence-corrected chi connectivity index (χ0v) is 15.3. The molecule has 126 valence electrons. The van der Waals surface area contributed by atoms with E-state index in [0.29, 0.717) is 6.42 Å². The van der Waals surface area contributed by atoms with Gasteiger partial charge < -0.3 is 0 Å². The van der Waals surface area contributed by atoms with E-state index in [1.165, 1.54) is 29.9 Å². The van der Waals surface area contributed by atoms with Crippen molar-refractivity contribution in [2.24, 2.45) is 5.92 Å². The van der Waals surface area contributed by atoms with Crippen molar-refractivity contribution in [3.05, 3.63) is 23.9 Å². The van der Waals surface area contributed by atoms with Crippen LogP contribution in [0.3, 0.4) is 0 Å². The Morgan fingerprint density at radius 1 is 1.18 bits per heavy atom. The van der Waals surface area contributed by atoms with E-state index in [0.717, 1.165) is 5.56 Å². The molecule has 0 amide bonds. The Kier molecular flexibility index (Phi) is 6.11. The summed E-state index contributed by atoms with van der Waals surface area (Å²) in [5.41, 5.74) is 0.886. The number of nitrogens with zero attached hydrogens (tertiary/aromatic N) is 2. The second kappa shape index (κ2) is 7.06. The first kappa shape index (κ1) is 19.1. The molecule has 22 heavy (non-hydrogen) atoms. The van der Waals surface area contributed by atoms with Gasteiger partial charge in [-0.2, -0.15) is 4.31 Å². The van der Waals surface area contributed by atoms with Gasteiger partial charge in [0.2, 0.25) is 0 Å². The molecule has 6 nitrogen and oxygen atoms in total. The number of aromatic nitrogens is 1. The third-order valence-corrected chi connectivity index (χ3v) is 7.52. The molecule has 1 heterocycles. The van der Waals surface area contributed by atoms with Crippen LogP contribution in [0.15, 0.2) is 23.4 Å². The summed E-state index contributed by atoms with van der Waals surface area (Å²) in [4.78, 5) is 3.95. The molecule has 0 aliphatic carbocycles. The van der Waals surface area contributed by atoms with E-state index < -0.39 is 25.1 Å². The Hall–Kier alpha value is -0.990. The zero-order chi connectivity index (χ0) is 17.1. The molecule has 0 fully saturated rings. The van der Waals surface area contributed by atoms with Gasteiger partial charge in [0.05, 0.1) is 5.25 Å². The van der Waals surface area contributed by atoms with Crippen LogP contribution in [0.5, 0.6) is 0 Å². The van der Waals surface area contributed by atoms with Gasteiger partial charge in [-0.25, -0.2) is 21.8 Å². The second-order valence-electron chi connectivity index (χ2n) is 5.80. The quantitative estimate of drug-likeness (QED) is 0.745. The molecule has 0 bridgehead atoms. The van der Waals surface area contributed by atoms with Crippen molar-refractivity contribution in [1.82, 2.24) is 9.29 Å². The first-order valence-corrected chi connectivity index (χ1v) is 10.4. The number of hydrogen-bond donors (Lipinski definition) is 0. The summed E-state index contributed by atoms with van der Waals surface area (Å²) in [5, 5.41) is -0.495. The maximum atomic E-state index is 12.4. The number of hydrogen-bond acceptors (Lipinski definition) is 5. The molecule has 0 saturated carbocycles. The molecule has 0 radical (unpaired) electrons. The molecular formula is C14H24N2O4S2. The monoisotopic (exact) mass is 348 g/mol. The molecule has 2 unspecified atom stereocenters. The number of sulfone groups is 1. The van der Waals surface area contributed by atoms with Gasteiger partial charge in [0.15, 0.2) is 5.03 Å². The Balaban J connectivity index is 2.76. The summed E-state index contributed by atoms with van der Waals surface area (Å²) in [7, 11) is -5.28. The molecule has 1 aromatic heterocycles. The lowest BCUT2D eigenvalue weighted by Gasteiger charge is -2.22. The van der Waals surface area contributed by atoms with Crippen LogP contribution in [0.2, 0.25) is 0 Å². The standard InChI is InChI=1S/C14H24N2O4S2/c1-11-6-7-14(15-10-11)22(19,20)16(4)9-8-12(2)13(3)21(5,17)18/h6-7,10,12-13H,8-9H2,1-5H3. The van der Waals surface area contributed by atoms with E-state index in [-0.39, 0.29) is 17.5 Å². The highest BCUT2D eigenvalue weighted by Gasteiger charge is 2.26. The predicted octanol–water partition coefficient (Wildman–Crippen LogP) is 1.47. The third-order valence-electron chi connectivity index (χ3n) is 3.93. The summed E-state index contributed by atoms with van der Waals surface area (Å²) in [5.74, 6) is -0.126. The van der Waals surface area contributed by atoms with E-state index in [9.17, 15) is 16.8 Å². The number of pyridine rings is 1. The minimum absolute atomic E-state index is 0.00409. The Labute approximate surface area is 133 Å². The molecule has 2 atom stereocenters. The SMILES string of the molecule is Cc1ccc(S(=O)(=O)N(C)CCC(C)C(C)S(C)(=O)=O)nc1. The normalized spacial score (nSPS) is 15.7. The van der Waals surface area contributed by atoms with E-state index in [4.69, 9.17) is 0 Å². The summed E-state index contributed by atoms with van der Waals surface area (Å²) in [6.07, 6.45) is 3.18. The van der Waals surface area contributed by atoms with Crippen molar-refractivity contribution in [2.45, 2.75) is 37.5 Å². The largest absolute Gasteiger partial charge is 0.260 e. The third kappa shape index (κ3) is 4.76. The summed E-state index contributed by atoms with van der Waals surface area (Å²) in [6, 6.07) is 3.17. The van der Waals surface area contributed by atoms with Gasteiger partial charge in [-0.05, 0) is 37.8 Å². The average molecular weight is 348 g/mol. The highest BCUT2D eigenvalue weighted by atomic mass is 32.2. The molecule has 0 spiro atoms. The van der Waals surface area contributed by atoms with Crippen LogP contribution < -0.4 is 0 Å². The van der Waals surface area contributed by atoms with Crippen molar-refractivity contribution in [3.63, 3.8) is 0 Å². The molecule has 0 aromatic carbocycles. The van der Waals surface area contributed by atoms with Gasteiger partial charge >= 0.3 is 0 Å². The fourth-order valence-corrected chi connectivity index (χ4v) is 4.00. The zero-order valence-electron chi connectivity index (χ0n) is 13.6. The van der Waals surface area contributed by atoms with Crippen LogP contribution in [0.25, 0.3) is 0 Å². The topological polar surface area (TPSA) is 84.4 Å². The summed E-state index contributed by atoms with van der Waals surface area (Å²) in [6.45, 7) is 5.55. The molecule has 0 aliphatic rings. The lowest BCUT2D eigenvalue weighted by molar-refractivity contribution is 0.406. The van der Waals surface area contributed by atoms with Crippen molar-refractivity contribution in [3.8, 4) is 0 Å². The Morgan fingerprint density at radius 2 is 1.77 bits per heavy atom. The van der Waals surface area contributed by atoms with Crippen molar-refractivity contribution < 1.29 is 16.8 Å². The maximum Gasteiger partial charge on any atom is 0.260 e. The highest BCUT2D eigenvalue weighted by molar-refractivity contribution is 7.91. The lowest BCUT2D eigenvalue weighted by Crippen LogP contribution is -2.32. The number of sulfonamides is 1. The van der Waals surface area contributed by atoms with Crippen molar-refractivity contribution >= 4 is 19.9 Å². The summed E-state index contributed by atoms with van der Waals surface area (Å²) >= 11 is 0. The fraction of sp³-hybridized carbons (Fsp3) is 0.643. The minimum atomic E-state index is -3.64. The molecule has 1 aromatic rings. The van der Waals surface area contributed by atoms with E-state index in [1.54, 1.807) is 13.0 Å². The maximum absolute atomic E-state index is 12.4. The van der Waals surface area contributed by atoms with Crippen LogP contribution in [0.1, 0.15) is 25.8 Å². The summed E-state index contributed by atoms with van der Waals surface area (Å²) < 4.78 is 49.0. The Morgan fingerprint density at radius 3 is 2.23 bits per heavy atom. The first-order valence-electron chi connectivity index (χ1n) is 7.04. The van der Waals surface area contributed by atoms with Crippen LogP contribution in [-0.4, -0.2) is 51.2 Å². The van der Waals surface area contributed by atoms with Crippen LogP contribution in [0.4, 0.5) is 0 Å². The first-order chi connectivity index (χ1) is 9.96. The van der Waals surface area contributed by atoms with Gasteiger partial charge in [-0.3, -0.25) is 0 Å². The van der Waals surface area contributed by atoms with E-state index in [2.05, 4.69) is 4.98 Å². The van der Waals surface area contributed by atoms with E-state index >= 15 is 0 Å². The molecule has 0 N–H and O–H groups in total. The number of rotatable bonds is 7.